The Labute approximate surface area is 119 Å². The van der Waals surface area contributed by atoms with Crippen LogP contribution >= 0.6 is 11.8 Å². The van der Waals surface area contributed by atoms with E-state index in [1.807, 2.05) is 4.68 Å². The molecule has 0 amide bonds. The topological polar surface area (TPSA) is 30.7 Å². The minimum Gasteiger partial charge on any atom is -0.253 e. The first-order chi connectivity index (χ1) is 9.26. The van der Waals surface area contributed by atoms with Gasteiger partial charge in [-0.05, 0) is 49.6 Å². The molecule has 0 spiro atoms. The van der Waals surface area contributed by atoms with Crippen molar-refractivity contribution < 1.29 is 0 Å². The van der Waals surface area contributed by atoms with Crippen LogP contribution in [-0.2, 0) is 13.0 Å². The number of aryl methyl sites for hydroxylation is 1. The van der Waals surface area contributed by atoms with Crippen LogP contribution in [0.25, 0.3) is 0 Å². The second kappa shape index (κ2) is 6.75. The summed E-state index contributed by atoms with van der Waals surface area (Å²) in [7, 11) is 0. The molecule has 0 fully saturated rings. The summed E-state index contributed by atoms with van der Waals surface area (Å²) in [6, 6.07) is 8.88. The van der Waals surface area contributed by atoms with E-state index in [9.17, 15) is 0 Å². The number of hydrogen-bond donors (Lipinski definition) is 0. The zero-order chi connectivity index (χ0) is 13.7. The largest absolute Gasteiger partial charge is 0.253 e. The van der Waals surface area contributed by atoms with Gasteiger partial charge in [-0.2, -0.15) is 0 Å². The van der Waals surface area contributed by atoms with Crippen LogP contribution in [-0.4, -0.2) is 21.2 Å². The van der Waals surface area contributed by atoms with Crippen LogP contribution in [0.5, 0.6) is 0 Å². The minimum atomic E-state index is 0.526. The summed E-state index contributed by atoms with van der Waals surface area (Å²) in [6.45, 7) is 5.19. The van der Waals surface area contributed by atoms with Crippen LogP contribution in [0, 0.1) is 0 Å². The molecule has 0 radical (unpaired) electrons. The third-order valence-corrected chi connectivity index (χ3v) is 4.19. The zero-order valence-corrected chi connectivity index (χ0v) is 12.7. The van der Waals surface area contributed by atoms with Crippen LogP contribution in [0.3, 0.4) is 0 Å². The quantitative estimate of drug-likeness (QED) is 0.752. The van der Waals surface area contributed by atoms with Crippen molar-refractivity contribution in [3.63, 3.8) is 0 Å². The molecule has 0 aliphatic heterocycles. The maximum Gasteiger partial charge on any atom is 0.0833 e. The van der Waals surface area contributed by atoms with Gasteiger partial charge in [0, 0.05) is 17.6 Å². The van der Waals surface area contributed by atoms with Crippen molar-refractivity contribution in [3.05, 3.63) is 41.7 Å². The van der Waals surface area contributed by atoms with E-state index >= 15 is 0 Å². The van der Waals surface area contributed by atoms with Crippen molar-refractivity contribution in [1.82, 2.24) is 15.0 Å². The van der Waals surface area contributed by atoms with Gasteiger partial charge in [-0.25, -0.2) is 0 Å². The second-order valence-electron chi connectivity index (χ2n) is 4.65. The molecule has 3 nitrogen and oxygen atoms in total. The first-order valence-corrected chi connectivity index (χ1v) is 8.02. The molecule has 1 aromatic heterocycles. The highest BCUT2D eigenvalue weighted by Crippen LogP contribution is 2.25. The molecule has 2 aromatic rings. The van der Waals surface area contributed by atoms with Crippen molar-refractivity contribution in [1.29, 1.82) is 0 Å². The smallest absolute Gasteiger partial charge is 0.0833 e. The Bertz CT molecular complexity index is 504. The molecule has 0 saturated carbocycles. The molecule has 4 heteroatoms. The minimum absolute atomic E-state index is 0.526. The molecular formula is C15H21N3S. The second-order valence-corrected chi connectivity index (χ2v) is 5.53. The summed E-state index contributed by atoms with van der Waals surface area (Å²) >= 11 is 1.78. The molecule has 1 unspecified atom stereocenters. The van der Waals surface area contributed by atoms with E-state index < -0.39 is 0 Å². The number of benzene rings is 1. The van der Waals surface area contributed by atoms with E-state index in [0.29, 0.717) is 5.92 Å². The van der Waals surface area contributed by atoms with E-state index in [2.05, 4.69) is 60.9 Å². The van der Waals surface area contributed by atoms with Gasteiger partial charge in [-0.3, -0.25) is 4.68 Å². The van der Waals surface area contributed by atoms with Gasteiger partial charge in [0.15, 0.2) is 0 Å². The first-order valence-electron chi connectivity index (χ1n) is 6.79. The number of rotatable bonds is 6. The predicted octanol–water partition coefficient (Wildman–Crippen LogP) is 3.76. The number of thioether (sulfide) groups is 1. The lowest BCUT2D eigenvalue weighted by molar-refractivity contribution is 0.624. The molecule has 1 heterocycles. The van der Waals surface area contributed by atoms with Crippen LogP contribution in [0.15, 0.2) is 35.4 Å². The average molecular weight is 275 g/mol. The maximum atomic E-state index is 4.24. The SMILES string of the molecule is CCC(Cc1cn(CC)nn1)c1ccc(SC)cc1. The summed E-state index contributed by atoms with van der Waals surface area (Å²) in [5.41, 5.74) is 2.48. The Morgan fingerprint density at radius 2 is 1.95 bits per heavy atom. The van der Waals surface area contributed by atoms with E-state index in [1.165, 1.54) is 10.5 Å². The molecule has 0 saturated heterocycles. The molecule has 0 aliphatic carbocycles. The lowest BCUT2D eigenvalue weighted by Crippen LogP contribution is -2.02. The zero-order valence-electron chi connectivity index (χ0n) is 11.8. The van der Waals surface area contributed by atoms with Crippen LogP contribution in [0.1, 0.15) is 37.4 Å². The molecular weight excluding hydrogens is 254 g/mol. The Balaban J connectivity index is 2.10. The van der Waals surface area contributed by atoms with E-state index in [1.54, 1.807) is 11.8 Å². The molecule has 0 aliphatic rings. The monoisotopic (exact) mass is 275 g/mol. The number of hydrogen-bond acceptors (Lipinski definition) is 3. The Hall–Kier alpha value is -1.29. The Kier molecular flexibility index (Phi) is 5.02. The van der Waals surface area contributed by atoms with Gasteiger partial charge in [0.25, 0.3) is 0 Å². The molecule has 2 rings (SSSR count). The third kappa shape index (κ3) is 3.60. The van der Waals surface area contributed by atoms with Crippen LogP contribution < -0.4 is 0 Å². The normalized spacial score (nSPS) is 12.6. The van der Waals surface area contributed by atoms with Gasteiger partial charge in [0.05, 0.1) is 5.69 Å². The van der Waals surface area contributed by atoms with Gasteiger partial charge in [0.2, 0.25) is 0 Å². The lowest BCUT2D eigenvalue weighted by atomic mass is 9.92. The molecule has 1 aromatic carbocycles. The maximum absolute atomic E-state index is 4.24. The highest BCUT2D eigenvalue weighted by Gasteiger charge is 2.12. The first kappa shape index (κ1) is 14.1. The van der Waals surface area contributed by atoms with Gasteiger partial charge >= 0.3 is 0 Å². The van der Waals surface area contributed by atoms with E-state index in [4.69, 9.17) is 0 Å². The summed E-state index contributed by atoms with van der Waals surface area (Å²) in [5.74, 6) is 0.526. The average Bonchev–Trinajstić information content (AvgIpc) is 2.92. The molecule has 0 bridgehead atoms. The fraction of sp³-hybridized carbons (Fsp3) is 0.467. The highest BCUT2D eigenvalue weighted by atomic mass is 32.2. The predicted molar refractivity (Wildman–Crippen MR) is 80.7 cm³/mol. The third-order valence-electron chi connectivity index (χ3n) is 3.45. The summed E-state index contributed by atoms with van der Waals surface area (Å²) in [4.78, 5) is 1.32. The molecule has 0 N–H and O–H groups in total. The van der Waals surface area contributed by atoms with Gasteiger partial charge in [-0.1, -0.05) is 24.3 Å². The molecule has 102 valence electrons. The van der Waals surface area contributed by atoms with E-state index in [0.717, 1.165) is 25.1 Å². The Morgan fingerprint density at radius 3 is 2.47 bits per heavy atom. The van der Waals surface area contributed by atoms with Crippen molar-refractivity contribution in [3.8, 4) is 0 Å². The highest BCUT2D eigenvalue weighted by molar-refractivity contribution is 7.98. The summed E-state index contributed by atoms with van der Waals surface area (Å²) in [6.07, 6.45) is 6.25. The fourth-order valence-corrected chi connectivity index (χ4v) is 2.62. The van der Waals surface area contributed by atoms with Gasteiger partial charge in [0.1, 0.15) is 0 Å². The Morgan fingerprint density at radius 1 is 1.21 bits per heavy atom. The van der Waals surface area contributed by atoms with Crippen molar-refractivity contribution >= 4 is 11.8 Å². The molecule has 1 atom stereocenters. The van der Waals surface area contributed by atoms with Gasteiger partial charge in [-0.15, -0.1) is 16.9 Å². The summed E-state index contributed by atoms with van der Waals surface area (Å²) < 4.78 is 1.89. The number of aromatic nitrogens is 3. The van der Waals surface area contributed by atoms with Gasteiger partial charge < -0.3 is 0 Å². The molecule has 19 heavy (non-hydrogen) atoms. The lowest BCUT2D eigenvalue weighted by Gasteiger charge is -2.14. The van der Waals surface area contributed by atoms with Crippen molar-refractivity contribution in [2.75, 3.05) is 6.26 Å². The van der Waals surface area contributed by atoms with Crippen molar-refractivity contribution in [2.45, 2.75) is 44.0 Å². The summed E-state index contributed by atoms with van der Waals surface area (Å²) in [5, 5.41) is 8.35. The van der Waals surface area contributed by atoms with Crippen molar-refractivity contribution in [2.24, 2.45) is 0 Å². The van der Waals surface area contributed by atoms with Crippen LogP contribution in [0.2, 0.25) is 0 Å². The standard InChI is InChI=1S/C15H21N3S/c1-4-12(10-14-11-18(5-2)17-16-14)13-6-8-15(19-3)9-7-13/h6-9,11-12H,4-5,10H2,1-3H3. The number of nitrogens with zero attached hydrogens (tertiary/aromatic N) is 3. The van der Waals surface area contributed by atoms with E-state index in [-0.39, 0.29) is 0 Å². The fourth-order valence-electron chi connectivity index (χ4n) is 2.21. The van der Waals surface area contributed by atoms with Crippen LogP contribution in [0.4, 0.5) is 0 Å².